The Balaban J connectivity index is 1.73. The highest BCUT2D eigenvalue weighted by Gasteiger charge is 2.46. The molecule has 1 aliphatic rings. The van der Waals surface area contributed by atoms with Crippen LogP contribution in [-0.4, -0.2) is 93.6 Å². The molecule has 280 valence electrons. The number of rotatable bonds is 13. The van der Waals surface area contributed by atoms with Crippen molar-refractivity contribution in [1.82, 2.24) is 20.0 Å². The third-order valence-corrected chi connectivity index (χ3v) is 8.65. The number of benzene rings is 3. The molecule has 10 nitrogen and oxygen atoms in total. The number of carbonyl (C=O) groups is 4. The lowest BCUT2D eigenvalue weighted by Gasteiger charge is -2.44. The molecule has 4 rings (SSSR count). The molecule has 0 spiro atoms. The molecule has 0 bridgehead atoms. The molecule has 0 aliphatic carbocycles. The number of hydrogen-bond acceptors (Lipinski definition) is 6. The number of piperazine rings is 1. The average Bonchev–Trinajstić information content (AvgIpc) is 3.07. The average molecular weight is 721 g/mol. The summed E-state index contributed by atoms with van der Waals surface area (Å²) in [6.07, 6.45) is -1.38. The number of aliphatic hydroxyl groups is 1. The molecule has 0 saturated carbocycles. The quantitative estimate of drug-likeness (QED) is 0.228. The van der Waals surface area contributed by atoms with Crippen LogP contribution in [0.2, 0.25) is 0 Å². The predicted octanol–water partition coefficient (Wildman–Crippen LogP) is 5.89. The second kappa shape index (κ2) is 17.6. The standard InChI is InChI=1S/C40H50F2N4O6/c1-7-14-44(15-8-2)37(49)30-19-26(3)18-29(23-30)36(48)43-33(22-28-20-31(41)24-32(42)21-28)35(47)34-38(50)45(25-27-12-10-9-11-13-27)16-17-46(34)39(51)52-40(4,5)6/h9-13,18-21,23-24,33-35,47H,7-8,14-17,22,25H2,1-6H3,(H,43,48)/t33-,34-,35?/m0/s1. The molecule has 3 aromatic rings. The molecule has 1 fully saturated rings. The molecule has 1 heterocycles. The fraction of sp³-hybridized carbons (Fsp3) is 0.450. The van der Waals surface area contributed by atoms with E-state index in [-0.39, 0.29) is 43.1 Å². The number of halogens is 2. The highest BCUT2D eigenvalue weighted by molar-refractivity contribution is 6.00. The summed E-state index contributed by atoms with van der Waals surface area (Å²) in [6, 6.07) is 14.0. The minimum atomic E-state index is -1.76. The number of nitrogens with one attached hydrogen (secondary N) is 1. The molecule has 1 saturated heterocycles. The summed E-state index contributed by atoms with van der Waals surface area (Å²) in [4.78, 5) is 59.7. The second-order valence-electron chi connectivity index (χ2n) is 14.3. The van der Waals surface area contributed by atoms with Crippen LogP contribution in [0.4, 0.5) is 13.6 Å². The fourth-order valence-corrected chi connectivity index (χ4v) is 6.40. The number of carbonyl (C=O) groups excluding carboxylic acids is 4. The van der Waals surface area contributed by atoms with E-state index >= 15 is 0 Å². The van der Waals surface area contributed by atoms with Crippen molar-refractivity contribution >= 4 is 23.8 Å². The van der Waals surface area contributed by atoms with Gasteiger partial charge in [-0.15, -0.1) is 0 Å². The molecule has 3 aromatic carbocycles. The predicted molar refractivity (Wildman–Crippen MR) is 194 cm³/mol. The Labute approximate surface area is 304 Å². The molecular formula is C40H50F2N4O6. The van der Waals surface area contributed by atoms with Crippen molar-refractivity contribution in [2.75, 3.05) is 26.2 Å². The highest BCUT2D eigenvalue weighted by Crippen LogP contribution is 2.24. The summed E-state index contributed by atoms with van der Waals surface area (Å²) in [5.41, 5.74) is 1.08. The molecule has 0 radical (unpaired) electrons. The van der Waals surface area contributed by atoms with Gasteiger partial charge < -0.3 is 25.0 Å². The second-order valence-corrected chi connectivity index (χ2v) is 14.3. The summed E-state index contributed by atoms with van der Waals surface area (Å²) in [5, 5.41) is 14.9. The summed E-state index contributed by atoms with van der Waals surface area (Å²) in [5.74, 6) is -3.23. The fourth-order valence-electron chi connectivity index (χ4n) is 6.40. The normalized spacial score (nSPS) is 15.9. The van der Waals surface area contributed by atoms with Crippen LogP contribution in [0.5, 0.6) is 0 Å². The molecule has 4 amide bonds. The Kier molecular flexibility index (Phi) is 13.5. The molecule has 1 unspecified atom stereocenters. The highest BCUT2D eigenvalue weighted by atomic mass is 19.1. The van der Waals surface area contributed by atoms with Crippen molar-refractivity contribution in [1.29, 1.82) is 0 Å². The largest absolute Gasteiger partial charge is 0.444 e. The van der Waals surface area contributed by atoms with Crippen molar-refractivity contribution in [2.24, 2.45) is 0 Å². The van der Waals surface area contributed by atoms with Crippen LogP contribution >= 0.6 is 0 Å². The van der Waals surface area contributed by atoms with Gasteiger partial charge in [-0.3, -0.25) is 19.3 Å². The van der Waals surface area contributed by atoms with E-state index in [4.69, 9.17) is 4.74 Å². The van der Waals surface area contributed by atoms with E-state index in [2.05, 4.69) is 5.32 Å². The maximum Gasteiger partial charge on any atom is 0.411 e. The zero-order valence-electron chi connectivity index (χ0n) is 30.8. The van der Waals surface area contributed by atoms with Crippen molar-refractivity contribution in [2.45, 2.75) is 91.1 Å². The summed E-state index contributed by atoms with van der Waals surface area (Å²) < 4.78 is 34.4. The monoisotopic (exact) mass is 720 g/mol. The van der Waals surface area contributed by atoms with Crippen molar-refractivity contribution in [3.63, 3.8) is 0 Å². The number of hydrogen-bond donors (Lipinski definition) is 2. The first-order valence-corrected chi connectivity index (χ1v) is 17.8. The van der Waals surface area contributed by atoms with E-state index in [1.165, 1.54) is 11.0 Å². The van der Waals surface area contributed by atoms with Gasteiger partial charge in [-0.2, -0.15) is 0 Å². The molecule has 1 aliphatic heterocycles. The van der Waals surface area contributed by atoms with Crippen LogP contribution < -0.4 is 5.32 Å². The number of amides is 4. The number of ether oxygens (including phenoxy) is 1. The van der Waals surface area contributed by atoms with Gasteiger partial charge in [0.1, 0.15) is 29.4 Å². The third-order valence-electron chi connectivity index (χ3n) is 8.65. The first-order chi connectivity index (χ1) is 24.6. The molecule has 3 atom stereocenters. The van der Waals surface area contributed by atoms with Gasteiger partial charge >= 0.3 is 6.09 Å². The van der Waals surface area contributed by atoms with Gasteiger partial charge in [0.25, 0.3) is 11.8 Å². The van der Waals surface area contributed by atoms with Crippen LogP contribution in [0.3, 0.4) is 0 Å². The van der Waals surface area contributed by atoms with Gasteiger partial charge in [0, 0.05) is 49.9 Å². The van der Waals surface area contributed by atoms with Gasteiger partial charge in [0.05, 0.1) is 6.04 Å². The Morgan fingerprint density at radius 2 is 1.54 bits per heavy atom. The Morgan fingerprint density at radius 3 is 2.13 bits per heavy atom. The number of aliphatic hydroxyl groups excluding tert-OH is 1. The lowest BCUT2D eigenvalue weighted by Crippen LogP contribution is -2.66. The van der Waals surface area contributed by atoms with Gasteiger partial charge in [-0.1, -0.05) is 44.2 Å². The minimum Gasteiger partial charge on any atom is -0.444 e. The van der Waals surface area contributed by atoms with E-state index in [1.54, 1.807) is 44.7 Å². The van der Waals surface area contributed by atoms with Crippen molar-refractivity contribution < 1.29 is 37.8 Å². The number of aryl methyl sites for hydroxylation is 1. The minimum absolute atomic E-state index is 0.0137. The zero-order chi connectivity index (χ0) is 38.2. The summed E-state index contributed by atoms with van der Waals surface area (Å²) >= 11 is 0. The van der Waals surface area contributed by atoms with E-state index in [0.29, 0.717) is 30.3 Å². The van der Waals surface area contributed by atoms with E-state index in [9.17, 15) is 33.1 Å². The third kappa shape index (κ3) is 10.6. The van der Waals surface area contributed by atoms with E-state index in [1.807, 2.05) is 44.2 Å². The number of nitrogens with zero attached hydrogens (tertiary/aromatic N) is 3. The van der Waals surface area contributed by atoms with Crippen LogP contribution in [0, 0.1) is 18.6 Å². The van der Waals surface area contributed by atoms with E-state index < -0.39 is 53.3 Å². The Hall–Kier alpha value is -4.84. The summed E-state index contributed by atoms with van der Waals surface area (Å²) in [7, 11) is 0. The molecule has 0 aromatic heterocycles. The van der Waals surface area contributed by atoms with Gasteiger partial charge in [-0.25, -0.2) is 13.6 Å². The van der Waals surface area contributed by atoms with Crippen LogP contribution in [-0.2, 0) is 22.5 Å². The Morgan fingerprint density at radius 1 is 0.923 bits per heavy atom. The van der Waals surface area contributed by atoms with Gasteiger partial charge in [0.15, 0.2) is 0 Å². The zero-order valence-corrected chi connectivity index (χ0v) is 30.8. The lowest BCUT2D eigenvalue weighted by atomic mass is 9.92. The summed E-state index contributed by atoms with van der Waals surface area (Å²) in [6.45, 7) is 12.2. The van der Waals surface area contributed by atoms with E-state index in [0.717, 1.165) is 35.4 Å². The molecular weight excluding hydrogens is 670 g/mol. The van der Waals surface area contributed by atoms with Crippen LogP contribution in [0.15, 0.2) is 66.7 Å². The maximum atomic E-state index is 14.4. The SMILES string of the molecule is CCCN(CCC)C(=O)c1cc(C)cc(C(=O)N[C@@H](Cc2cc(F)cc(F)c2)C(O)[C@H]2C(=O)N(Cc3ccccc3)CCN2C(=O)OC(C)(C)C)c1. The molecule has 52 heavy (non-hydrogen) atoms. The van der Waals surface area contributed by atoms with Crippen LogP contribution in [0.1, 0.15) is 84.9 Å². The van der Waals surface area contributed by atoms with Crippen LogP contribution in [0.25, 0.3) is 0 Å². The first kappa shape index (κ1) is 39.9. The topological polar surface area (TPSA) is 119 Å². The smallest absolute Gasteiger partial charge is 0.411 e. The lowest BCUT2D eigenvalue weighted by molar-refractivity contribution is -0.148. The maximum absolute atomic E-state index is 14.4. The van der Waals surface area contributed by atoms with Crippen molar-refractivity contribution in [3.05, 3.63) is 106 Å². The molecule has 2 N–H and O–H groups in total. The van der Waals surface area contributed by atoms with Gasteiger partial charge in [-0.05, 0) is 94.0 Å². The Bertz CT molecular complexity index is 1700. The first-order valence-electron chi connectivity index (χ1n) is 17.8. The molecule has 12 heteroatoms. The van der Waals surface area contributed by atoms with Gasteiger partial charge in [0.2, 0.25) is 5.91 Å². The van der Waals surface area contributed by atoms with Crippen molar-refractivity contribution in [3.8, 4) is 0 Å².